The Morgan fingerprint density at radius 2 is 1.81 bits per heavy atom. The summed E-state index contributed by atoms with van der Waals surface area (Å²) in [6.07, 6.45) is -4.47. The summed E-state index contributed by atoms with van der Waals surface area (Å²) >= 11 is 11.8. The molecule has 0 atom stereocenters. The third kappa shape index (κ3) is 5.15. The third-order valence-corrected chi connectivity index (χ3v) is 5.55. The van der Waals surface area contributed by atoms with Crippen molar-refractivity contribution in [3.8, 4) is 11.8 Å². The highest BCUT2D eigenvalue weighted by atomic mass is 35.5. The molecule has 2 aromatic rings. The predicted octanol–water partition coefficient (Wildman–Crippen LogP) is 4.65. The number of benzene rings is 2. The Hall–Kier alpha value is -1.72. The first kappa shape index (κ1) is 20.6. The lowest BCUT2D eigenvalue weighted by molar-refractivity contribution is -0.137. The lowest BCUT2D eigenvalue weighted by Gasteiger charge is -2.08. The Morgan fingerprint density at radius 1 is 1.12 bits per heavy atom. The van der Waals surface area contributed by atoms with Crippen molar-refractivity contribution in [1.82, 2.24) is 4.72 Å². The second-order valence-electron chi connectivity index (χ2n) is 5.24. The van der Waals surface area contributed by atoms with Crippen LogP contribution in [0.25, 0.3) is 0 Å². The van der Waals surface area contributed by atoms with Crippen LogP contribution < -0.4 is 4.72 Å². The summed E-state index contributed by atoms with van der Waals surface area (Å²) in [6, 6.07) is 7.09. The molecule has 0 saturated carbocycles. The zero-order valence-corrected chi connectivity index (χ0v) is 15.6. The summed E-state index contributed by atoms with van der Waals surface area (Å²) in [5, 5.41) is 0.289. The first-order chi connectivity index (χ1) is 12.0. The molecule has 0 amide bonds. The lowest BCUT2D eigenvalue weighted by atomic mass is 10.1. The number of hydrogen-bond donors (Lipinski definition) is 1. The quantitative estimate of drug-likeness (QED) is 0.733. The average molecular weight is 422 g/mol. The Kier molecular flexibility index (Phi) is 6.25. The topological polar surface area (TPSA) is 46.2 Å². The monoisotopic (exact) mass is 421 g/mol. The highest BCUT2D eigenvalue weighted by Crippen LogP contribution is 2.29. The average Bonchev–Trinajstić information content (AvgIpc) is 2.54. The van der Waals surface area contributed by atoms with E-state index >= 15 is 0 Å². The van der Waals surface area contributed by atoms with Crippen LogP contribution in [0.3, 0.4) is 0 Å². The van der Waals surface area contributed by atoms with Crippen LogP contribution in [-0.2, 0) is 16.2 Å². The molecule has 2 rings (SSSR count). The van der Waals surface area contributed by atoms with Gasteiger partial charge in [0, 0.05) is 10.6 Å². The Morgan fingerprint density at radius 3 is 2.46 bits per heavy atom. The van der Waals surface area contributed by atoms with Gasteiger partial charge < -0.3 is 0 Å². The van der Waals surface area contributed by atoms with Crippen molar-refractivity contribution in [3.63, 3.8) is 0 Å². The molecule has 0 radical (unpaired) electrons. The van der Waals surface area contributed by atoms with Gasteiger partial charge in [-0.15, -0.1) is 0 Å². The fraction of sp³-hybridized carbons (Fsp3) is 0.176. The zero-order chi connectivity index (χ0) is 19.5. The van der Waals surface area contributed by atoms with Crippen LogP contribution in [-0.4, -0.2) is 15.0 Å². The van der Waals surface area contributed by atoms with Gasteiger partial charge in [-0.2, -0.15) is 17.9 Å². The van der Waals surface area contributed by atoms with Crippen molar-refractivity contribution >= 4 is 33.2 Å². The number of hydrogen-bond acceptors (Lipinski definition) is 2. The molecule has 0 aliphatic rings. The van der Waals surface area contributed by atoms with Gasteiger partial charge in [-0.1, -0.05) is 41.1 Å². The van der Waals surface area contributed by atoms with E-state index < -0.39 is 21.8 Å². The molecular weight excluding hydrogens is 410 g/mol. The number of sulfonamides is 1. The Labute approximate surface area is 159 Å². The summed E-state index contributed by atoms with van der Waals surface area (Å²) in [7, 11) is -3.94. The minimum atomic E-state index is -4.47. The summed E-state index contributed by atoms with van der Waals surface area (Å²) in [5.74, 6) is 4.96. The zero-order valence-electron chi connectivity index (χ0n) is 13.3. The summed E-state index contributed by atoms with van der Waals surface area (Å²) < 4.78 is 64.7. The highest BCUT2D eigenvalue weighted by Gasteiger charge is 2.30. The molecule has 0 fully saturated rings. The van der Waals surface area contributed by atoms with Gasteiger partial charge in [0.15, 0.2) is 0 Å². The van der Waals surface area contributed by atoms with Gasteiger partial charge in [0.1, 0.15) is 4.90 Å². The van der Waals surface area contributed by atoms with Crippen molar-refractivity contribution in [1.29, 1.82) is 0 Å². The standard InChI is InChI=1S/C17H12Cl2F3NO2S/c1-11-8-16(15(19)10-14(11)18)26(24,25)23-7-3-5-12-4-2-6-13(9-12)17(20,21)22/h2,4,6,8-10,23H,7H2,1H3. The van der Waals surface area contributed by atoms with Gasteiger partial charge in [0.25, 0.3) is 0 Å². The van der Waals surface area contributed by atoms with Crippen LogP contribution in [0.5, 0.6) is 0 Å². The Balaban J connectivity index is 2.14. The van der Waals surface area contributed by atoms with Crippen molar-refractivity contribution in [2.75, 3.05) is 6.54 Å². The van der Waals surface area contributed by atoms with Crippen LogP contribution >= 0.6 is 23.2 Å². The fourth-order valence-corrected chi connectivity index (χ4v) is 3.72. The maximum atomic E-state index is 12.6. The fourth-order valence-electron chi connectivity index (χ4n) is 1.97. The summed E-state index contributed by atoms with van der Waals surface area (Å²) in [4.78, 5) is -0.151. The number of rotatable bonds is 3. The third-order valence-electron chi connectivity index (χ3n) is 3.28. The second-order valence-corrected chi connectivity index (χ2v) is 7.79. The van der Waals surface area contributed by atoms with Gasteiger partial charge in [-0.05, 0) is 42.8 Å². The van der Waals surface area contributed by atoms with Gasteiger partial charge in [-0.3, -0.25) is 0 Å². The molecular formula is C17H12Cl2F3NO2S. The first-order valence-electron chi connectivity index (χ1n) is 7.12. The van der Waals surface area contributed by atoms with Gasteiger partial charge >= 0.3 is 6.18 Å². The van der Waals surface area contributed by atoms with Crippen molar-refractivity contribution in [2.45, 2.75) is 18.0 Å². The van der Waals surface area contributed by atoms with Gasteiger partial charge in [0.2, 0.25) is 10.0 Å². The molecule has 0 heterocycles. The van der Waals surface area contributed by atoms with Gasteiger partial charge in [0.05, 0.1) is 17.1 Å². The summed E-state index contributed by atoms with van der Waals surface area (Å²) in [5.41, 5.74) is -0.167. The highest BCUT2D eigenvalue weighted by molar-refractivity contribution is 7.89. The van der Waals surface area contributed by atoms with Crippen LogP contribution in [0.4, 0.5) is 13.2 Å². The molecule has 0 aliphatic heterocycles. The number of aryl methyl sites for hydroxylation is 1. The van der Waals surface area contributed by atoms with E-state index in [1.54, 1.807) is 6.92 Å². The van der Waals surface area contributed by atoms with Crippen LogP contribution in [0, 0.1) is 18.8 Å². The SMILES string of the molecule is Cc1cc(S(=O)(=O)NCC#Cc2cccc(C(F)(F)F)c2)c(Cl)cc1Cl. The summed E-state index contributed by atoms with van der Waals surface area (Å²) in [6.45, 7) is 1.34. The number of nitrogens with one attached hydrogen (secondary N) is 1. The van der Waals surface area contributed by atoms with Gasteiger partial charge in [-0.25, -0.2) is 8.42 Å². The van der Waals surface area contributed by atoms with Crippen molar-refractivity contribution < 1.29 is 21.6 Å². The largest absolute Gasteiger partial charge is 0.416 e. The predicted molar refractivity (Wildman–Crippen MR) is 94.7 cm³/mol. The molecule has 3 nitrogen and oxygen atoms in total. The van der Waals surface area contributed by atoms with Crippen molar-refractivity contribution in [2.24, 2.45) is 0 Å². The van der Waals surface area contributed by atoms with E-state index in [1.807, 2.05) is 0 Å². The molecule has 26 heavy (non-hydrogen) atoms. The van der Waals surface area contributed by atoms with E-state index in [0.717, 1.165) is 12.1 Å². The molecule has 0 saturated heterocycles. The van der Waals surface area contributed by atoms with Crippen LogP contribution in [0.2, 0.25) is 10.0 Å². The van der Waals surface area contributed by atoms with E-state index in [9.17, 15) is 21.6 Å². The molecule has 0 unspecified atom stereocenters. The normalized spacial score (nSPS) is 11.8. The smallest absolute Gasteiger partial charge is 0.207 e. The molecule has 9 heteroatoms. The molecule has 0 aromatic heterocycles. The number of alkyl halides is 3. The lowest BCUT2D eigenvalue weighted by Crippen LogP contribution is -2.24. The number of halogens is 5. The molecule has 0 bridgehead atoms. The van der Waals surface area contributed by atoms with E-state index in [1.165, 1.54) is 24.3 Å². The minimum absolute atomic E-state index is 0.0427. The first-order valence-corrected chi connectivity index (χ1v) is 9.36. The molecule has 2 aromatic carbocycles. The van der Waals surface area contributed by atoms with E-state index in [4.69, 9.17) is 23.2 Å². The van der Waals surface area contributed by atoms with E-state index in [0.29, 0.717) is 10.6 Å². The molecule has 0 spiro atoms. The Bertz CT molecular complexity index is 993. The maximum absolute atomic E-state index is 12.6. The molecule has 0 aliphatic carbocycles. The molecule has 138 valence electrons. The van der Waals surface area contributed by atoms with E-state index in [-0.39, 0.29) is 22.0 Å². The van der Waals surface area contributed by atoms with E-state index in [2.05, 4.69) is 16.6 Å². The van der Waals surface area contributed by atoms with Crippen LogP contribution in [0.15, 0.2) is 41.3 Å². The minimum Gasteiger partial charge on any atom is -0.207 e. The molecule has 1 N–H and O–H groups in total. The maximum Gasteiger partial charge on any atom is 0.416 e. The van der Waals surface area contributed by atoms with Crippen molar-refractivity contribution in [3.05, 3.63) is 63.1 Å². The van der Waals surface area contributed by atoms with Crippen LogP contribution in [0.1, 0.15) is 16.7 Å². The second kappa shape index (κ2) is 7.89.